The van der Waals surface area contributed by atoms with Gasteiger partial charge in [0.25, 0.3) is 11.5 Å². The summed E-state index contributed by atoms with van der Waals surface area (Å²) in [5.41, 5.74) is -0.886. The lowest BCUT2D eigenvalue weighted by molar-refractivity contribution is -0.141. The van der Waals surface area contributed by atoms with Crippen molar-refractivity contribution in [1.29, 1.82) is 0 Å². The first-order valence-corrected chi connectivity index (χ1v) is 9.13. The summed E-state index contributed by atoms with van der Waals surface area (Å²) in [5.74, 6) is -0.539. The summed E-state index contributed by atoms with van der Waals surface area (Å²) < 4.78 is 15.7. The predicted octanol–water partition coefficient (Wildman–Crippen LogP) is 0.299. The van der Waals surface area contributed by atoms with Gasteiger partial charge in [0.05, 0.1) is 12.3 Å². The lowest BCUT2D eigenvalue weighted by Gasteiger charge is -2.20. The lowest BCUT2D eigenvalue weighted by Crippen LogP contribution is -2.44. The number of carbonyl (C=O) groups is 1. The third-order valence-electron chi connectivity index (χ3n) is 5.06. The summed E-state index contributed by atoms with van der Waals surface area (Å²) in [5, 5.41) is 6.63. The number of amides is 1. The molecule has 0 bridgehead atoms. The highest BCUT2D eigenvalue weighted by Crippen LogP contribution is 2.27. The zero-order chi connectivity index (χ0) is 21.6. The van der Waals surface area contributed by atoms with E-state index in [4.69, 9.17) is 4.84 Å². The van der Waals surface area contributed by atoms with Crippen molar-refractivity contribution in [3.8, 4) is 0 Å². The molecule has 0 saturated heterocycles. The molecule has 1 amide bonds. The molecule has 0 spiro atoms. The van der Waals surface area contributed by atoms with Gasteiger partial charge in [-0.1, -0.05) is 17.3 Å². The average molecular weight is 414 g/mol. The SMILES string of the molecule is Cn1c(=O)c2[nH]c(CNC(=O)C3(C)CC(c4cccc(F)c4)=NO3)nc2n(C)c1=O. The zero-order valence-electron chi connectivity index (χ0n) is 16.5. The lowest BCUT2D eigenvalue weighted by atomic mass is 9.95. The van der Waals surface area contributed by atoms with Crippen molar-refractivity contribution in [3.63, 3.8) is 0 Å². The Balaban J connectivity index is 1.49. The summed E-state index contributed by atoms with van der Waals surface area (Å²) >= 11 is 0. The van der Waals surface area contributed by atoms with E-state index in [-0.39, 0.29) is 24.1 Å². The summed E-state index contributed by atoms with van der Waals surface area (Å²) in [6.45, 7) is 1.56. The second-order valence-corrected chi connectivity index (χ2v) is 7.32. The Hall–Kier alpha value is -3.76. The molecule has 156 valence electrons. The number of oxime groups is 1. The van der Waals surface area contributed by atoms with Crippen LogP contribution in [0.15, 0.2) is 39.0 Å². The zero-order valence-corrected chi connectivity index (χ0v) is 16.5. The van der Waals surface area contributed by atoms with E-state index in [0.717, 1.165) is 4.57 Å². The van der Waals surface area contributed by atoms with Gasteiger partial charge in [0, 0.05) is 26.1 Å². The predicted molar refractivity (Wildman–Crippen MR) is 105 cm³/mol. The fraction of sp³-hybridized carbons (Fsp3) is 0.316. The minimum absolute atomic E-state index is 0.0148. The monoisotopic (exact) mass is 414 g/mol. The van der Waals surface area contributed by atoms with Gasteiger partial charge < -0.3 is 15.1 Å². The number of imidazole rings is 1. The number of hydrogen-bond acceptors (Lipinski definition) is 6. The molecule has 3 heterocycles. The summed E-state index contributed by atoms with van der Waals surface area (Å²) in [6, 6.07) is 5.89. The molecule has 10 nitrogen and oxygen atoms in total. The highest BCUT2D eigenvalue weighted by Gasteiger charge is 2.42. The molecule has 0 fully saturated rings. The number of aromatic amines is 1. The van der Waals surface area contributed by atoms with Crippen LogP contribution >= 0.6 is 0 Å². The van der Waals surface area contributed by atoms with Gasteiger partial charge >= 0.3 is 5.69 Å². The molecule has 1 aliphatic heterocycles. The number of nitrogens with one attached hydrogen (secondary N) is 2. The Labute approximate surface area is 169 Å². The fourth-order valence-electron chi connectivity index (χ4n) is 3.29. The third kappa shape index (κ3) is 3.17. The van der Waals surface area contributed by atoms with Crippen molar-refractivity contribution in [1.82, 2.24) is 24.4 Å². The molecule has 1 aliphatic rings. The van der Waals surface area contributed by atoms with Crippen LogP contribution in [0.4, 0.5) is 4.39 Å². The maximum atomic E-state index is 13.4. The third-order valence-corrected chi connectivity index (χ3v) is 5.06. The molecule has 3 aromatic rings. The summed E-state index contributed by atoms with van der Waals surface area (Å²) in [4.78, 5) is 49.4. The van der Waals surface area contributed by atoms with Crippen LogP contribution in [-0.4, -0.2) is 36.3 Å². The summed E-state index contributed by atoms with van der Waals surface area (Å²) in [6.07, 6.45) is 0.164. The van der Waals surface area contributed by atoms with Crippen LogP contribution in [-0.2, 0) is 30.3 Å². The number of aromatic nitrogens is 4. The molecule has 30 heavy (non-hydrogen) atoms. The number of H-pyrrole nitrogens is 1. The van der Waals surface area contributed by atoms with E-state index < -0.39 is 28.6 Å². The van der Waals surface area contributed by atoms with Crippen molar-refractivity contribution in [2.24, 2.45) is 19.3 Å². The van der Waals surface area contributed by atoms with Crippen LogP contribution in [0.1, 0.15) is 24.7 Å². The molecule has 1 unspecified atom stereocenters. The molecule has 2 N–H and O–H groups in total. The number of fused-ring (bicyclic) bond motifs is 1. The molecule has 0 saturated carbocycles. The van der Waals surface area contributed by atoms with Gasteiger partial charge in [-0.25, -0.2) is 14.2 Å². The van der Waals surface area contributed by atoms with E-state index in [0.29, 0.717) is 17.1 Å². The van der Waals surface area contributed by atoms with Gasteiger partial charge in [0.15, 0.2) is 5.65 Å². The first kappa shape index (κ1) is 19.6. The molecule has 4 rings (SSSR count). The largest absolute Gasteiger partial charge is 0.379 e. The van der Waals surface area contributed by atoms with Crippen LogP contribution in [0.25, 0.3) is 11.2 Å². The number of hydrogen-bond donors (Lipinski definition) is 2. The minimum atomic E-state index is -1.27. The Morgan fingerprint density at radius 2 is 2.10 bits per heavy atom. The number of halogens is 1. The molecule has 0 radical (unpaired) electrons. The van der Waals surface area contributed by atoms with Gasteiger partial charge in [-0.2, -0.15) is 0 Å². The number of carbonyl (C=O) groups excluding carboxylic acids is 1. The van der Waals surface area contributed by atoms with Gasteiger partial charge in [0.2, 0.25) is 5.60 Å². The maximum Gasteiger partial charge on any atom is 0.332 e. The van der Waals surface area contributed by atoms with Crippen LogP contribution in [0.2, 0.25) is 0 Å². The number of benzene rings is 1. The Morgan fingerprint density at radius 1 is 1.33 bits per heavy atom. The fourth-order valence-corrected chi connectivity index (χ4v) is 3.29. The molecule has 11 heteroatoms. The Bertz CT molecular complexity index is 1320. The van der Waals surface area contributed by atoms with Gasteiger partial charge in [-0.3, -0.25) is 18.7 Å². The Kier molecular flexibility index (Phi) is 4.52. The molecule has 1 aromatic carbocycles. The van der Waals surface area contributed by atoms with Crippen molar-refractivity contribution in [2.45, 2.75) is 25.5 Å². The number of aryl methyl sites for hydroxylation is 1. The second-order valence-electron chi connectivity index (χ2n) is 7.32. The van der Waals surface area contributed by atoms with Crippen molar-refractivity contribution in [3.05, 3.63) is 62.3 Å². The van der Waals surface area contributed by atoms with E-state index in [9.17, 15) is 18.8 Å². The van der Waals surface area contributed by atoms with Crippen molar-refractivity contribution < 1.29 is 14.0 Å². The van der Waals surface area contributed by atoms with E-state index in [1.807, 2.05) is 0 Å². The first-order valence-electron chi connectivity index (χ1n) is 9.13. The topological polar surface area (TPSA) is 123 Å². The molecular weight excluding hydrogens is 395 g/mol. The molecular formula is C19H19FN6O4. The van der Waals surface area contributed by atoms with Crippen molar-refractivity contribution >= 4 is 22.8 Å². The van der Waals surface area contributed by atoms with Crippen LogP contribution in [0.3, 0.4) is 0 Å². The Morgan fingerprint density at radius 3 is 2.83 bits per heavy atom. The maximum absolute atomic E-state index is 13.4. The normalized spacial score (nSPS) is 18.3. The average Bonchev–Trinajstić information content (AvgIpc) is 3.34. The molecule has 2 aromatic heterocycles. The van der Waals surface area contributed by atoms with Crippen LogP contribution in [0, 0.1) is 5.82 Å². The molecule has 0 aliphatic carbocycles. The quantitative estimate of drug-likeness (QED) is 0.636. The van der Waals surface area contributed by atoms with Gasteiger partial charge in [-0.15, -0.1) is 0 Å². The van der Waals surface area contributed by atoms with Gasteiger partial charge in [-0.05, 0) is 19.1 Å². The van der Waals surface area contributed by atoms with E-state index in [1.165, 1.54) is 30.8 Å². The summed E-state index contributed by atoms with van der Waals surface area (Å²) in [7, 11) is 2.88. The van der Waals surface area contributed by atoms with Crippen molar-refractivity contribution in [2.75, 3.05) is 0 Å². The number of rotatable bonds is 4. The van der Waals surface area contributed by atoms with Gasteiger partial charge in [0.1, 0.15) is 17.2 Å². The first-order chi connectivity index (χ1) is 14.2. The smallest absolute Gasteiger partial charge is 0.332 e. The molecule has 1 atom stereocenters. The standard InChI is InChI=1S/C19H19FN6O4/c1-19(8-12(24-30-19)10-5-4-6-11(20)7-10)17(28)21-9-13-22-14-15(23-13)25(2)18(29)26(3)16(14)27/h4-7H,8-9H2,1-3H3,(H,21,28)(H,22,23). The van der Waals surface area contributed by atoms with E-state index in [1.54, 1.807) is 19.1 Å². The van der Waals surface area contributed by atoms with E-state index >= 15 is 0 Å². The van der Waals surface area contributed by atoms with Crippen LogP contribution in [0.5, 0.6) is 0 Å². The van der Waals surface area contributed by atoms with E-state index in [2.05, 4.69) is 20.4 Å². The number of nitrogens with zero attached hydrogens (tertiary/aromatic N) is 4. The van der Waals surface area contributed by atoms with Crippen LogP contribution < -0.4 is 16.6 Å². The second kappa shape index (κ2) is 6.94. The minimum Gasteiger partial charge on any atom is -0.379 e. The highest BCUT2D eigenvalue weighted by molar-refractivity contribution is 6.05. The highest BCUT2D eigenvalue weighted by atomic mass is 19.1.